The molecule has 2 aromatic heterocycles. The number of thiophene rings is 1. The molecule has 1 aliphatic heterocycles. The fraction of sp³-hybridized carbons (Fsp3) is 0.308. The third kappa shape index (κ3) is 2.39. The Morgan fingerprint density at radius 2 is 2.47 bits per heavy atom. The summed E-state index contributed by atoms with van der Waals surface area (Å²) in [6.45, 7) is 2.65. The van der Waals surface area contributed by atoms with Crippen LogP contribution in [0.2, 0.25) is 0 Å². The lowest BCUT2D eigenvalue weighted by Gasteiger charge is -2.22. The Hall–Kier alpha value is -1.23. The van der Waals surface area contributed by atoms with Crippen LogP contribution in [0.15, 0.2) is 36.0 Å². The Labute approximate surface area is 104 Å². The summed E-state index contributed by atoms with van der Waals surface area (Å²) in [5.74, 6) is 0. The first-order chi connectivity index (χ1) is 8.43. The number of rotatable bonds is 2. The molecule has 0 amide bonds. The van der Waals surface area contributed by atoms with Crippen LogP contribution in [0.4, 0.5) is 0 Å². The molecule has 0 bridgehead atoms. The number of ether oxygens (including phenoxy) is 1. The van der Waals surface area contributed by atoms with Crippen LogP contribution in [-0.4, -0.2) is 24.7 Å². The SMILES string of the molecule is c1cncc(-c2cc(C3CNCCO3)cs2)c1. The summed E-state index contributed by atoms with van der Waals surface area (Å²) in [7, 11) is 0. The van der Waals surface area contributed by atoms with Gasteiger partial charge in [-0.1, -0.05) is 6.07 Å². The summed E-state index contributed by atoms with van der Waals surface area (Å²) < 4.78 is 5.74. The van der Waals surface area contributed by atoms with Crippen LogP contribution >= 0.6 is 11.3 Å². The number of nitrogens with zero attached hydrogens (tertiary/aromatic N) is 1. The van der Waals surface area contributed by atoms with Crippen molar-refractivity contribution in [2.45, 2.75) is 6.10 Å². The van der Waals surface area contributed by atoms with Crippen molar-refractivity contribution >= 4 is 11.3 Å². The Morgan fingerprint density at radius 1 is 1.47 bits per heavy atom. The van der Waals surface area contributed by atoms with Gasteiger partial charge in [0.15, 0.2) is 0 Å². The summed E-state index contributed by atoms with van der Waals surface area (Å²) >= 11 is 1.75. The molecule has 3 heterocycles. The topological polar surface area (TPSA) is 34.2 Å². The van der Waals surface area contributed by atoms with Crippen LogP contribution in [0.3, 0.4) is 0 Å². The van der Waals surface area contributed by atoms with Gasteiger partial charge in [-0.25, -0.2) is 0 Å². The Kier molecular flexibility index (Phi) is 3.18. The molecule has 4 heteroatoms. The fourth-order valence-corrected chi connectivity index (χ4v) is 2.90. The van der Waals surface area contributed by atoms with Crippen molar-refractivity contribution in [3.8, 4) is 10.4 Å². The Morgan fingerprint density at radius 3 is 3.24 bits per heavy atom. The highest BCUT2D eigenvalue weighted by atomic mass is 32.1. The summed E-state index contributed by atoms with van der Waals surface area (Å²) in [5, 5.41) is 5.53. The van der Waals surface area contributed by atoms with Crippen LogP contribution in [0, 0.1) is 0 Å². The molecule has 0 aromatic carbocycles. The molecule has 2 aromatic rings. The van der Waals surface area contributed by atoms with E-state index in [-0.39, 0.29) is 6.10 Å². The van der Waals surface area contributed by atoms with E-state index in [1.54, 1.807) is 17.5 Å². The number of hydrogen-bond acceptors (Lipinski definition) is 4. The maximum atomic E-state index is 5.74. The van der Waals surface area contributed by atoms with Gasteiger partial charge in [0.25, 0.3) is 0 Å². The van der Waals surface area contributed by atoms with Crippen LogP contribution in [0.25, 0.3) is 10.4 Å². The van der Waals surface area contributed by atoms with Gasteiger partial charge in [-0.2, -0.15) is 0 Å². The van der Waals surface area contributed by atoms with Crippen LogP contribution < -0.4 is 5.32 Å². The van der Waals surface area contributed by atoms with Gasteiger partial charge >= 0.3 is 0 Å². The lowest BCUT2D eigenvalue weighted by Crippen LogP contribution is -2.33. The van der Waals surface area contributed by atoms with Gasteiger partial charge in [0.2, 0.25) is 0 Å². The van der Waals surface area contributed by atoms with E-state index in [9.17, 15) is 0 Å². The van der Waals surface area contributed by atoms with Gasteiger partial charge in [0.1, 0.15) is 0 Å². The minimum Gasteiger partial charge on any atom is -0.371 e. The molecule has 1 fully saturated rings. The zero-order chi connectivity index (χ0) is 11.5. The molecule has 1 aliphatic rings. The first kappa shape index (κ1) is 10.9. The molecule has 0 spiro atoms. The lowest BCUT2D eigenvalue weighted by molar-refractivity contribution is 0.0280. The number of pyridine rings is 1. The summed E-state index contributed by atoms with van der Waals surface area (Å²) in [6.07, 6.45) is 3.90. The minimum atomic E-state index is 0.199. The van der Waals surface area contributed by atoms with Crippen molar-refractivity contribution in [1.29, 1.82) is 0 Å². The minimum absolute atomic E-state index is 0.199. The van der Waals surface area contributed by atoms with Crippen LogP contribution in [0.5, 0.6) is 0 Å². The van der Waals surface area contributed by atoms with E-state index in [1.807, 2.05) is 12.3 Å². The molecule has 17 heavy (non-hydrogen) atoms. The van der Waals surface area contributed by atoms with E-state index >= 15 is 0 Å². The molecule has 0 aliphatic carbocycles. The molecular formula is C13H14N2OS. The second-order valence-electron chi connectivity index (χ2n) is 4.05. The van der Waals surface area contributed by atoms with E-state index in [1.165, 1.54) is 16.0 Å². The van der Waals surface area contributed by atoms with Gasteiger partial charge in [-0.05, 0) is 23.1 Å². The zero-order valence-corrected chi connectivity index (χ0v) is 10.2. The van der Waals surface area contributed by atoms with E-state index in [0.717, 1.165) is 19.7 Å². The summed E-state index contributed by atoms with van der Waals surface area (Å²) in [5.41, 5.74) is 2.44. The monoisotopic (exact) mass is 246 g/mol. The standard InChI is InChI=1S/C13H14N2OS/c1-2-10(7-14-3-1)13-6-11(9-17-13)12-8-15-4-5-16-12/h1-3,6-7,9,12,15H,4-5,8H2. The molecule has 0 saturated carbocycles. The lowest BCUT2D eigenvalue weighted by atomic mass is 10.1. The average molecular weight is 246 g/mol. The molecule has 1 N–H and O–H groups in total. The highest BCUT2D eigenvalue weighted by molar-refractivity contribution is 7.13. The average Bonchev–Trinajstić information content (AvgIpc) is 2.90. The van der Waals surface area contributed by atoms with Gasteiger partial charge < -0.3 is 10.1 Å². The van der Waals surface area contributed by atoms with Crippen molar-refractivity contribution in [3.05, 3.63) is 41.5 Å². The van der Waals surface area contributed by atoms with Crippen molar-refractivity contribution in [2.75, 3.05) is 19.7 Å². The third-order valence-electron chi connectivity index (χ3n) is 2.87. The normalized spacial score (nSPS) is 20.4. The summed E-state index contributed by atoms with van der Waals surface area (Å²) in [4.78, 5) is 5.40. The van der Waals surface area contributed by atoms with Crippen molar-refractivity contribution in [1.82, 2.24) is 10.3 Å². The predicted molar refractivity (Wildman–Crippen MR) is 69.1 cm³/mol. The number of morpholine rings is 1. The molecule has 1 atom stereocenters. The largest absolute Gasteiger partial charge is 0.371 e. The second-order valence-corrected chi connectivity index (χ2v) is 4.96. The molecule has 1 unspecified atom stereocenters. The number of hydrogen-bond donors (Lipinski definition) is 1. The summed E-state index contributed by atoms with van der Waals surface area (Å²) in [6, 6.07) is 6.26. The second kappa shape index (κ2) is 4.96. The predicted octanol–water partition coefficient (Wildman–Crippen LogP) is 2.47. The molecular weight excluding hydrogens is 232 g/mol. The van der Waals surface area contributed by atoms with Crippen LogP contribution in [0.1, 0.15) is 11.7 Å². The third-order valence-corrected chi connectivity index (χ3v) is 3.86. The highest BCUT2D eigenvalue weighted by Gasteiger charge is 2.17. The zero-order valence-electron chi connectivity index (χ0n) is 9.43. The van der Waals surface area contributed by atoms with E-state index in [4.69, 9.17) is 4.74 Å². The van der Waals surface area contributed by atoms with Crippen LogP contribution in [-0.2, 0) is 4.74 Å². The Bertz CT molecular complexity index is 477. The van der Waals surface area contributed by atoms with Crippen molar-refractivity contribution in [2.24, 2.45) is 0 Å². The Balaban J connectivity index is 1.83. The van der Waals surface area contributed by atoms with Gasteiger partial charge in [0, 0.05) is 35.9 Å². The number of aromatic nitrogens is 1. The van der Waals surface area contributed by atoms with Crippen molar-refractivity contribution in [3.63, 3.8) is 0 Å². The maximum absolute atomic E-state index is 5.74. The quantitative estimate of drug-likeness (QED) is 0.884. The van der Waals surface area contributed by atoms with Gasteiger partial charge in [-0.3, -0.25) is 4.98 Å². The highest BCUT2D eigenvalue weighted by Crippen LogP contribution is 2.31. The smallest absolute Gasteiger partial charge is 0.0958 e. The number of nitrogens with one attached hydrogen (secondary N) is 1. The fourth-order valence-electron chi connectivity index (χ4n) is 1.96. The van der Waals surface area contributed by atoms with Gasteiger partial charge in [0.05, 0.1) is 12.7 Å². The maximum Gasteiger partial charge on any atom is 0.0958 e. The van der Waals surface area contributed by atoms with E-state index in [0.29, 0.717) is 0 Å². The van der Waals surface area contributed by atoms with E-state index in [2.05, 4.69) is 27.8 Å². The molecule has 3 rings (SSSR count). The molecule has 0 radical (unpaired) electrons. The molecule has 3 nitrogen and oxygen atoms in total. The first-order valence-electron chi connectivity index (χ1n) is 5.74. The molecule has 88 valence electrons. The van der Waals surface area contributed by atoms with Gasteiger partial charge in [-0.15, -0.1) is 11.3 Å². The van der Waals surface area contributed by atoms with E-state index < -0.39 is 0 Å². The first-order valence-corrected chi connectivity index (χ1v) is 6.62. The van der Waals surface area contributed by atoms with Crippen molar-refractivity contribution < 1.29 is 4.74 Å². The molecule has 1 saturated heterocycles.